The highest BCUT2D eigenvalue weighted by molar-refractivity contribution is 6.05. The number of aromatic nitrogens is 1. The zero-order valence-corrected chi connectivity index (χ0v) is 22.5. The number of hydrogen-bond acceptors (Lipinski definition) is 5. The second-order valence-corrected chi connectivity index (χ2v) is 11.0. The predicted molar refractivity (Wildman–Crippen MR) is 152 cm³/mol. The average Bonchev–Trinajstić information content (AvgIpc) is 2.95. The monoisotopic (exact) mass is 520 g/mol. The van der Waals surface area contributed by atoms with Crippen LogP contribution in [0.3, 0.4) is 0 Å². The number of nitrogens with zero attached hydrogens (tertiary/aromatic N) is 2. The summed E-state index contributed by atoms with van der Waals surface area (Å²) in [5.41, 5.74) is 4.92. The fourth-order valence-corrected chi connectivity index (χ4v) is 5.14. The Morgan fingerprint density at radius 1 is 0.872 bits per heavy atom. The minimum absolute atomic E-state index is 0.0821. The number of benzene rings is 3. The van der Waals surface area contributed by atoms with Crippen LogP contribution >= 0.6 is 0 Å². The number of likely N-dealkylation sites (tertiary alicyclic amines) is 1. The summed E-state index contributed by atoms with van der Waals surface area (Å²) in [6.07, 6.45) is 1.91. The first kappa shape index (κ1) is 26.3. The highest BCUT2D eigenvalue weighted by Crippen LogP contribution is 2.36. The van der Waals surface area contributed by atoms with Crippen LogP contribution in [-0.4, -0.2) is 46.7 Å². The maximum absolute atomic E-state index is 13.5. The van der Waals surface area contributed by atoms with Crippen LogP contribution in [0.25, 0.3) is 33.2 Å². The SMILES string of the molecule is CC(C)(C)OC(=O)C1CCN(C(=O)c2ccc3nc(C=O)cc(-c4ccccc4-c4ccccc4)c3c2)CC1. The first-order valence-electron chi connectivity index (χ1n) is 13.3. The van der Waals surface area contributed by atoms with Crippen LogP contribution in [0.15, 0.2) is 78.9 Å². The highest BCUT2D eigenvalue weighted by atomic mass is 16.6. The molecule has 198 valence electrons. The van der Waals surface area contributed by atoms with Crippen molar-refractivity contribution in [2.75, 3.05) is 13.1 Å². The fourth-order valence-electron chi connectivity index (χ4n) is 5.14. The number of hydrogen-bond donors (Lipinski definition) is 0. The number of fused-ring (bicyclic) bond motifs is 1. The van der Waals surface area contributed by atoms with Crippen molar-refractivity contribution in [2.45, 2.75) is 39.2 Å². The number of aldehydes is 1. The van der Waals surface area contributed by atoms with Crippen LogP contribution in [0, 0.1) is 5.92 Å². The molecule has 1 aliphatic heterocycles. The van der Waals surface area contributed by atoms with E-state index in [1.807, 2.05) is 63.2 Å². The van der Waals surface area contributed by atoms with Crippen molar-refractivity contribution in [3.8, 4) is 22.3 Å². The summed E-state index contributed by atoms with van der Waals surface area (Å²) < 4.78 is 5.55. The van der Waals surface area contributed by atoms with E-state index in [0.717, 1.165) is 33.9 Å². The molecule has 0 aliphatic carbocycles. The summed E-state index contributed by atoms with van der Waals surface area (Å²) in [5.74, 6) is -0.475. The number of ether oxygens (including phenoxy) is 1. The van der Waals surface area contributed by atoms with E-state index in [2.05, 4.69) is 23.2 Å². The molecule has 0 atom stereocenters. The van der Waals surface area contributed by atoms with Crippen molar-refractivity contribution in [1.82, 2.24) is 9.88 Å². The summed E-state index contributed by atoms with van der Waals surface area (Å²) in [7, 11) is 0. The van der Waals surface area contributed by atoms with Crippen molar-refractivity contribution in [3.63, 3.8) is 0 Å². The molecule has 1 saturated heterocycles. The van der Waals surface area contributed by atoms with E-state index >= 15 is 0 Å². The summed E-state index contributed by atoms with van der Waals surface area (Å²) in [6.45, 7) is 6.58. The van der Waals surface area contributed by atoms with Gasteiger partial charge in [0.25, 0.3) is 5.91 Å². The molecule has 1 fully saturated rings. The van der Waals surface area contributed by atoms with E-state index < -0.39 is 5.60 Å². The van der Waals surface area contributed by atoms with E-state index in [1.165, 1.54) is 0 Å². The van der Waals surface area contributed by atoms with Crippen molar-refractivity contribution in [2.24, 2.45) is 5.92 Å². The van der Waals surface area contributed by atoms with Crippen LogP contribution in [0.4, 0.5) is 0 Å². The van der Waals surface area contributed by atoms with Crippen molar-refractivity contribution in [1.29, 1.82) is 0 Å². The minimum Gasteiger partial charge on any atom is -0.460 e. The molecule has 0 saturated carbocycles. The average molecular weight is 521 g/mol. The van der Waals surface area contributed by atoms with Gasteiger partial charge in [0.2, 0.25) is 0 Å². The quantitative estimate of drug-likeness (QED) is 0.220. The lowest BCUT2D eigenvalue weighted by Gasteiger charge is -2.32. The lowest BCUT2D eigenvalue weighted by Crippen LogP contribution is -2.41. The summed E-state index contributed by atoms with van der Waals surface area (Å²) in [4.78, 5) is 44.1. The zero-order valence-electron chi connectivity index (χ0n) is 22.5. The topological polar surface area (TPSA) is 76.6 Å². The molecule has 0 unspecified atom stereocenters. The van der Waals surface area contributed by atoms with E-state index in [4.69, 9.17) is 4.74 Å². The summed E-state index contributed by atoms with van der Waals surface area (Å²) in [5, 5.41) is 0.804. The summed E-state index contributed by atoms with van der Waals surface area (Å²) >= 11 is 0. The molecule has 5 rings (SSSR count). The number of carbonyl (C=O) groups excluding carboxylic acids is 3. The molecule has 0 bridgehead atoms. The Bertz CT molecular complexity index is 1530. The van der Waals surface area contributed by atoms with E-state index in [9.17, 15) is 14.4 Å². The molecule has 1 aliphatic rings. The van der Waals surface area contributed by atoms with Gasteiger partial charge in [0, 0.05) is 24.0 Å². The van der Waals surface area contributed by atoms with Gasteiger partial charge < -0.3 is 9.64 Å². The molecule has 2 heterocycles. The van der Waals surface area contributed by atoms with Gasteiger partial charge in [0.1, 0.15) is 11.3 Å². The van der Waals surface area contributed by atoms with Crippen LogP contribution in [-0.2, 0) is 9.53 Å². The predicted octanol–water partition coefficient (Wildman–Crippen LogP) is 6.58. The molecule has 1 aromatic heterocycles. The van der Waals surface area contributed by atoms with Crippen molar-refractivity contribution >= 4 is 29.1 Å². The van der Waals surface area contributed by atoms with Crippen molar-refractivity contribution in [3.05, 3.63) is 90.1 Å². The standard InChI is InChI=1S/C33H32N2O4/c1-33(2,3)39-32(38)23-15-17-35(18-16-23)31(37)24-13-14-30-29(19-24)28(20-25(21-36)34-30)27-12-8-7-11-26(27)22-9-5-4-6-10-22/h4-14,19-21,23H,15-18H2,1-3H3. The molecule has 1 amide bonds. The maximum atomic E-state index is 13.5. The van der Waals surface area contributed by atoms with E-state index in [0.29, 0.717) is 42.7 Å². The third kappa shape index (κ3) is 5.75. The van der Waals surface area contributed by atoms with Crippen LogP contribution in [0.1, 0.15) is 54.5 Å². The minimum atomic E-state index is -0.524. The Kier molecular flexibility index (Phi) is 7.29. The molecule has 3 aromatic carbocycles. The first-order chi connectivity index (χ1) is 18.7. The highest BCUT2D eigenvalue weighted by Gasteiger charge is 2.31. The van der Waals surface area contributed by atoms with Gasteiger partial charge in [-0.05, 0) is 80.1 Å². The molecule has 6 heteroatoms. The van der Waals surface area contributed by atoms with Gasteiger partial charge in [-0.25, -0.2) is 4.98 Å². The van der Waals surface area contributed by atoms with Crippen LogP contribution < -0.4 is 0 Å². The molecule has 0 spiro atoms. The Labute approximate surface area is 228 Å². The molecule has 0 radical (unpaired) electrons. The zero-order chi connectivity index (χ0) is 27.6. The molecule has 4 aromatic rings. The Balaban J connectivity index is 1.47. The smallest absolute Gasteiger partial charge is 0.309 e. The fraction of sp³-hybridized carbons (Fsp3) is 0.273. The Hall–Kier alpha value is -4.32. The van der Waals surface area contributed by atoms with Crippen LogP contribution in [0.5, 0.6) is 0 Å². The van der Waals surface area contributed by atoms with Gasteiger partial charge >= 0.3 is 5.97 Å². The molecular formula is C33H32N2O4. The van der Waals surface area contributed by atoms with Gasteiger partial charge in [-0.3, -0.25) is 14.4 Å². The molecule has 6 nitrogen and oxygen atoms in total. The first-order valence-corrected chi connectivity index (χ1v) is 13.3. The van der Waals surface area contributed by atoms with Gasteiger partial charge in [-0.15, -0.1) is 0 Å². The number of amides is 1. The van der Waals surface area contributed by atoms with Gasteiger partial charge in [-0.1, -0.05) is 54.6 Å². The van der Waals surface area contributed by atoms with Gasteiger partial charge in [0.15, 0.2) is 6.29 Å². The van der Waals surface area contributed by atoms with Gasteiger partial charge in [0.05, 0.1) is 11.4 Å². The molecule has 0 N–H and O–H groups in total. The van der Waals surface area contributed by atoms with E-state index in [-0.39, 0.29) is 17.8 Å². The molecular weight excluding hydrogens is 488 g/mol. The maximum Gasteiger partial charge on any atom is 0.309 e. The summed E-state index contributed by atoms with van der Waals surface area (Å²) in [6, 6.07) is 25.4. The largest absolute Gasteiger partial charge is 0.460 e. The number of esters is 1. The Morgan fingerprint density at radius 2 is 1.54 bits per heavy atom. The number of pyridine rings is 1. The molecule has 39 heavy (non-hydrogen) atoms. The van der Waals surface area contributed by atoms with Crippen LogP contribution in [0.2, 0.25) is 0 Å². The number of carbonyl (C=O) groups is 3. The second-order valence-electron chi connectivity index (χ2n) is 11.0. The third-order valence-corrected chi connectivity index (χ3v) is 7.02. The number of rotatable bonds is 5. The number of piperidine rings is 1. The normalized spacial score (nSPS) is 14.3. The lowest BCUT2D eigenvalue weighted by molar-refractivity contribution is -0.161. The third-order valence-electron chi connectivity index (χ3n) is 7.02. The van der Waals surface area contributed by atoms with E-state index in [1.54, 1.807) is 23.1 Å². The van der Waals surface area contributed by atoms with Gasteiger partial charge in [-0.2, -0.15) is 0 Å². The lowest BCUT2D eigenvalue weighted by atomic mass is 9.91. The Morgan fingerprint density at radius 3 is 2.21 bits per heavy atom. The van der Waals surface area contributed by atoms with Crippen molar-refractivity contribution < 1.29 is 19.1 Å². The second kappa shape index (κ2) is 10.8.